The van der Waals surface area contributed by atoms with Crippen molar-refractivity contribution >= 4 is 39.2 Å². The van der Waals surface area contributed by atoms with Crippen molar-refractivity contribution in [2.24, 2.45) is 0 Å². The predicted octanol–water partition coefficient (Wildman–Crippen LogP) is 4.49. The molecule has 0 saturated carbocycles. The lowest BCUT2D eigenvalue weighted by Crippen LogP contribution is -2.21. The standard InChI is InChI=1S/C23H18N2O3/c1-15-12-20(19-8-4-5-9-21(19)24-15)23(27)28-14-22(26)25-18-11-10-16-6-2-3-7-17(16)13-18/h2-13H,14H2,1H3,(H,25,26). The minimum atomic E-state index is -0.546. The fourth-order valence-corrected chi connectivity index (χ4v) is 3.15. The number of fused-ring (bicyclic) bond motifs is 2. The number of pyridine rings is 1. The van der Waals surface area contributed by atoms with Crippen molar-refractivity contribution in [3.05, 3.63) is 84.1 Å². The van der Waals surface area contributed by atoms with Crippen molar-refractivity contribution in [1.82, 2.24) is 4.98 Å². The first kappa shape index (κ1) is 17.7. The molecule has 0 fully saturated rings. The van der Waals surface area contributed by atoms with Crippen LogP contribution in [0.3, 0.4) is 0 Å². The Kier molecular flexibility index (Phi) is 4.72. The van der Waals surface area contributed by atoms with Gasteiger partial charge in [-0.2, -0.15) is 0 Å². The molecular formula is C23H18N2O3. The molecule has 5 nitrogen and oxygen atoms in total. The first-order chi connectivity index (χ1) is 13.6. The molecule has 0 aliphatic carbocycles. The average molecular weight is 370 g/mol. The summed E-state index contributed by atoms with van der Waals surface area (Å²) in [7, 11) is 0. The summed E-state index contributed by atoms with van der Waals surface area (Å²) in [5.41, 5.74) is 2.49. The highest BCUT2D eigenvalue weighted by atomic mass is 16.5. The van der Waals surface area contributed by atoms with Crippen LogP contribution in [0.25, 0.3) is 21.7 Å². The number of carbonyl (C=O) groups is 2. The number of aryl methyl sites for hydroxylation is 1. The smallest absolute Gasteiger partial charge is 0.339 e. The highest BCUT2D eigenvalue weighted by Crippen LogP contribution is 2.20. The number of aromatic nitrogens is 1. The minimum absolute atomic E-state index is 0.360. The topological polar surface area (TPSA) is 68.3 Å². The Hall–Kier alpha value is -3.73. The molecule has 0 unspecified atom stereocenters. The summed E-state index contributed by atoms with van der Waals surface area (Å²) in [5.74, 6) is -0.936. The van der Waals surface area contributed by atoms with Gasteiger partial charge in [-0.25, -0.2) is 4.79 Å². The summed E-state index contributed by atoms with van der Waals surface area (Å²) >= 11 is 0. The van der Waals surface area contributed by atoms with Gasteiger partial charge >= 0.3 is 5.97 Å². The summed E-state index contributed by atoms with van der Waals surface area (Å²) in [4.78, 5) is 29.1. The van der Waals surface area contributed by atoms with Gasteiger partial charge in [-0.3, -0.25) is 9.78 Å². The average Bonchev–Trinajstić information content (AvgIpc) is 2.71. The molecule has 28 heavy (non-hydrogen) atoms. The number of nitrogens with zero attached hydrogens (tertiary/aromatic N) is 1. The van der Waals surface area contributed by atoms with E-state index in [4.69, 9.17) is 4.74 Å². The van der Waals surface area contributed by atoms with Gasteiger partial charge in [-0.15, -0.1) is 0 Å². The lowest BCUT2D eigenvalue weighted by molar-refractivity contribution is -0.119. The van der Waals surface area contributed by atoms with E-state index < -0.39 is 11.9 Å². The molecule has 138 valence electrons. The van der Waals surface area contributed by atoms with Crippen LogP contribution in [0.5, 0.6) is 0 Å². The minimum Gasteiger partial charge on any atom is -0.452 e. The van der Waals surface area contributed by atoms with Crippen LogP contribution in [-0.2, 0) is 9.53 Å². The molecule has 1 amide bonds. The number of hydrogen-bond donors (Lipinski definition) is 1. The van der Waals surface area contributed by atoms with Gasteiger partial charge in [0.25, 0.3) is 5.91 Å². The van der Waals surface area contributed by atoms with Crippen molar-refractivity contribution in [2.75, 3.05) is 11.9 Å². The van der Waals surface area contributed by atoms with Gasteiger partial charge in [-0.1, -0.05) is 48.5 Å². The lowest BCUT2D eigenvalue weighted by Gasteiger charge is -2.09. The first-order valence-electron chi connectivity index (χ1n) is 8.92. The number of amides is 1. The number of anilines is 1. The van der Waals surface area contributed by atoms with Gasteiger partial charge in [0, 0.05) is 16.8 Å². The van der Waals surface area contributed by atoms with Gasteiger partial charge in [0.1, 0.15) is 0 Å². The molecule has 0 spiro atoms. The van der Waals surface area contributed by atoms with Gasteiger partial charge in [0.15, 0.2) is 6.61 Å². The van der Waals surface area contributed by atoms with Gasteiger partial charge in [0.05, 0.1) is 11.1 Å². The van der Waals surface area contributed by atoms with Crippen molar-refractivity contribution in [3.63, 3.8) is 0 Å². The number of hydrogen-bond acceptors (Lipinski definition) is 4. The van der Waals surface area contributed by atoms with E-state index in [9.17, 15) is 9.59 Å². The van der Waals surface area contributed by atoms with Crippen LogP contribution in [-0.4, -0.2) is 23.5 Å². The second-order valence-electron chi connectivity index (χ2n) is 6.51. The predicted molar refractivity (Wildman–Crippen MR) is 109 cm³/mol. The summed E-state index contributed by atoms with van der Waals surface area (Å²) in [6.45, 7) is 1.46. The number of carbonyl (C=O) groups excluding carboxylic acids is 2. The van der Waals surface area contributed by atoms with Crippen molar-refractivity contribution in [2.45, 2.75) is 6.92 Å². The highest BCUT2D eigenvalue weighted by Gasteiger charge is 2.15. The van der Waals surface area contributed by atoms with Crippen molar-refractivity contribution in [3.8, 4) is 0 Å². The molecule has 4 aromatic rings. The number of para-hydroxylation sites is 1. The maximum absolute atomic E-state index is 12.5. The van der Waals surface area contributed by atoms with Crippen LogP contribution in [0.4, 0.5) is 5.69 Å². The van der Waals surface area contributed by atoms with E-state index in [2.05, 4.69) is 10.3 Å². The van der Waals surface area contributed by atoms with Gasteiger partial charge in [0.2, 0.25) is 0 Å². The van der Waals surface area contributed by atoms with E-state index in [1.165, 1.54) is 0 Å². The molecule has 0 atom stereocenters. The normalized spacial score (nSPS) is 10.8. The molecule has 0 bridgehead atoms. The molecule has 4 rings (SSSR count). The van der Waals surface area contributed by atoms with Gasteiger partial charge in [-0.05, 0) is 42.0 Å². The fraction of sp³-hybridized carbons (Fsp3) is 0.0870. The molecule has 1 aromatic heterocycles. The number of rotatable bonds is 4. The van der Waals surface area contributed by atoms with Gasteiger partial charge < -0.3 is 10.1 Å². The van der Waals surface area contributed by atoms with Crippen molar-refractivity contribution in [1.29, 1.82) is 0 Å². The molecule has 3 aromatic carbocycles. The Morgan fingerprint density at radius 3 is 2.54 bits per heavy atom. The van der Waals surface area contributed by atoms with E-state index in [-0.39, 0.29) is 6.61 Å². The molecule has 0 aliphatic heterocycles. The number of esters is 1. The fourth-order valence-electron chi connectivity index (χ4n) is 3.15. The number of benzene rings is 3. The Balaban J connectivity index is 1.45. The van der Waals surface area contributed by atoms with Crippen LogP contribution in [0, 0.1) is 6.92 Å². The third kappa shape index (κ3) is 3.69. The van der Waals surface area contributed by atoms with Crippen LogP contribution in [0.2, 0.25) is 0 Å². The van der Waals surface area contributed by atoms with E-state index >= 15 is 0 Å². The van der Waals surface area contributed by atoms with Crippen LogP contribution in [0.1, 0.15) is 16.1 Å². The summed E-state index contributed by atoms with van der Waals surface area (Å²) in [6.07, 6.45) is 0. The molecule has 1 N–H and O–H groups in total. The highest BCUT2D eigenvalue weighted by molar-refractivity contribution is 6.04. The SMILES string of the molecule is Cc1cc(C(=O)OCC(=O)Nc2ccc3ccccc3c2)c2ccccc2n1. The molecular weight excluding hydrogens is 352 g/mol. The first-order valence-corrected chi connectivity index (χ1v) is 8.92. The Morgan fingerprint density at radius 2 is 1.68 bits per heavy atom. The molecule has 0 aliphatic rings. The Bertz CT molecular complexity index is 1200. The third-order valence-electron chi connectivity index (χ3n) is 4.43. The van der Waals surface area contributed by atoms with E-state index in [0.29, 0.717) is 22.3 Å². The van der Waals surface area contributed by atoms with Crippen molar-refractivity contribution < 1.29 is 14.3 Å². The third-order valence-corrected chi connectivity index (χ3v) is 4.43. The summed E-state index contributed by atoms with van der Waals surface area (Å²) < 4.78 is 5.23. The second-order valence-corrected chi connectivity index (χ2v) is 6.51. The number of ether oxygens (including phenoxy) is 1. The van der Waals surface area contributed by atoms with Crippen LogP contribution >= 0.6 is 0 Å². The largest absolute Gasteiger partial charge is 0.452 e. The summed E-state index contributed by atoms with van der Waals surface area (Å²) in [6, 6.07) is 22.5. The second kappa shape index (κ2) is 7.48. The van der Waals surface area contributed by atoms with E-state index in [0.717, 1.165) is 16.3 Å². The molecule has 0 radical (unpaired) electrons. The Labute approximate surface area is 162 Å². The Morgan fingerprint density at radius 1 is 0.929 bits per heavy atom. The van der Waals surface area contributed by atoms with E-state index in [1.54, 1.807) is 6.07 Å². The molecule has 5 heteroatoms. The van der Waals surface area contributed by atoms with Crippen LogP contribution < -0.4 is 5.32 Å². The molecule has 0 saturated heterocycles. The van der Waals surface area contributed by atoms with Crippen LogP contribution in [0.15, 0.2) is 72.8 Å². The quantitative estimate of drug-likeness (QED) is 0.537. The number of nitrogens with one attached hydrogen (secondary N) is 1. The maximum Gasteiger partial charge on any atom is 0.339 e. The monoisotopic (exact) mass is 370 g/mol. The van der Waals surface area contributed by atoms with E-state index in [1.807, 2.05) is 73.7 Å². The summed E-state index contributed by atoms with van der Waals surface area (Å²) in [5, 5.41) is 5.58. The zero-order valence-electron chi connectivity index (χ0n) is 15.3. The zero-order chi connectivity index (χ0) is 19.5. The zero-order valence-corrected chi connectivity index (χ0v) is 15.3. The maximum atomic E-state index is 12.5. The lowest BCUT2D eigenvalue weighted by atomic mass is 10.1. The molecule has 1 heterocycles.